The number of rotatable bonds is 4. The average Bonchev–Trinajstić information content (AvgIpc) is 2.39. The Kier molecular flexibility index (Phi) is 4.90. The van der Waals surface area contributed by atoms with Crippen molar-refractivity contribution < 1.29 is 9.13 Å². The lowest BCUT2D eigenvalue weighted by Gasteiger charge is -2.20. The lowest BCUT2D eigenvalue weighted by Crippen LogP contribution is -2.35. The summed E-state index contributed by atoms with van der Waals surface area (Å²) in [7, 11) is 0. The van der Waals surface area contributed by atoms with Gasteiger partial charge in [0.05, 0.1) is 16.4 Å². The van der Waals surface area contributed by atoms with Gasteiger partial charge in [0.15, 0.2) is 0 Å². The molecule has 0 saturated heterocycles. The normalized spacial score (nSPS) is 11.5. The summed E-state index contributed by atoms with van der Waals surface area (Å²) < 4.78 is 19.2. The Hall–Kier alpha value is -1.53. The van der Waals surface area contributed by atoms with Gasteiger partial charge in [-0.05, 0) is 54.9 Å². The van der Waals surface area contributed by atoms with Crippen LogP contribution in [-0.2, 0) is 6.54 Å². The van der Waals surface area contributed by atoms with Crippen LogP contribution in [0, 0.1) is 5.82 Å². The van der Waals surface area contributed by atoms with Gasteiger partial charge in [0.2, 0.25) is 5.88 Å². The van der Waals surface area contributed by atoms with Crippen molar-refractivity contribution in [2.24, 2.45) is 0 Å². The van der Waals surface area contributed by atoms with E-state index in [9.17, 15) is 4.39 Å². The zero-order chi connectivity index (χ0) is 15.5. The van der Waals surface area contributed by atoms with E-state index in [0.717, 1.165) is 5.69 Å². The first-order valence-electron chi connectivity index (χ1n) is 6.52. The maximum Gasteiger partial charge on any atom is 0.238 e. The molecule has 1 N–H and O–H groups in total. The van der Waals surface area contributed by atoms with Crippen molar-refractivity contribution in [3.8, 4) is 11.6 Å². The van der Waals surface area contributed by atoms with Crippen molar-refractivity contribution in [3.63, 3.8) is 0 Å². The van der Waals surface area contributed by atoms with Gasteiger partial charge in [-0.3, -0.25) is 4.98 Å². The molecular weight excluding hydrogens is 337 g/mol. The van der Waals surface area contributed by atoms with Crippen LogP contribution in [0.3, 0.4) is 0 Å². The third-order valence-corrected chi connectivity index (χ3v) is 3.19. The van der Waals surface area contributed by atoms with Gasteiger partial charge in [0.1, 0.15) is 11.6 Å². The molecule has 6 heteroatoms. The van der Waals surface area contributed by atoms with Crippen LogP contribution in [0.5, 0.6) is 11.6 Å². The number of aromatic nitrogens is 2. The number of hydrogen-bond acceptors (Lipinski definition) is 4. The van der Waals surface area contributed by atoms with E-state index in [2.05, 4.69) is 52.0 Å². The Labute approximate surface area is 131 Å². The lowest BCUT2D eigenvalue weighted by atomic mass is 10.1. The molecule has 0 atom stereocenters. The standard InChI is InChI=1S/C15H17BrFN3O/c1-15(2,3)19-8-11-7-18-9-14(20-11)21-13-5-4-10(17)6-12(13)16/h4-7,9,19H,8H2,1-3H3. The molecule has 0 amide bonds. The minimum atomic E-state index is -0.330. The van der Waals surface area contributed by atoms with Crippen molar-refractivity contribution in [2.75, 3.05) is 0 Å². The predicted octanol–water partition coefficient (Wildman–Crippen LogP) is 4.06. The monoisotopic (exact) mass is 353 g/mol. The Morgan fingerprint density at radius 2 is 2.05 bits per heavy atom. The van der Waals surface area contributed by atoms with Gasteiger partial charge in [-0.15, -0.1) is 0 Å². The first kappa shape index (κ1) is 15.9. The third kappa shape index (κ3) is 5.06. The number of nitrogens with zero attached hydrogens (tertiary/aromatic N) is 2. The fourth-order valence-electron chi connectivity index (χ4n) is 1.55. The third-order valence-electron chi connectivity index (χ3n) is 2.57. The molecule has 2 rings (SSSR count). The highest BCUT2D eigenvalue weighted by Gasteiger charge is 2.10. The molecule has 1 aromatic carbocycles. The van der Waals surface area contributed by atoms with E-state index in [1.807, 2.05) is 0 Å². The van der Waals surface area contributed by atoms with E-state index in [0.29, 0.717) is 22.6 Å². The number of hydrogen-bond donors (Lipinski definition) is 1. The summed E-state index contributed by atoms with van der Waals surface area (Å²) in [6, 6.07) is 4.22. The molecule has 2 aromatic rings. The Bertz CT molecular complexity index is 629. The number of benzene rings is 1. The SMILES string of the molecule is CC(C)(C)NCc1cncc(Oc2ccc(F)cc2Br)n1. The number of halogens is 2. The minimum Gasteiger partial charge on any atom is -0.436 e. The van der Waals surface area contributed by atoms with E-state index in [4.69, 9.17) is 4.74 Å². The molecule has 21 heavy (non-hydrogen) atoms. The van der Waals surface area contributed by atoms with Crippen LogP contribution in [0.4, 0.5) is 4.39 Å². The van der Waals surface area contributed by atoms with Crippen LogP contribution in [0.1, 0.15) is 26.5 Å². The van der Waals surface area contributed by atoms with Crippen molar-refractivity contribution in [2.45, 2.75) is 32.9 Å². The van der Waals surface area contributed by atoms with Crippen LogP contribution in [0.2, 0.25) is 0 Å². The van der Waals surface area contributed by atoms with Gasteiger partial charge < -0.3 is 10.1 Å². The molecule has 0 bridgehead atoms. The molecular formula is C15H17BrFN3O. The van der Waals surface area contributed by atoms with E-state index < -0.39 is 0 Å². The minimum absolute atomic E-state index is 0.00146. The lowest BCUT2D eigenvalue weighted by molar-refractivity contribution is 0.414. The van der Waals surface area contributed by atoms with E-state index >= 15 is 0 Å². The van der Waals surface area contributed by atoms with Gasteiger partial charge in [-0.2, -0.15) is 0 Å². The smallest absolute Gasteiger partial charge is 0.238 e. The highest BCUT2D eigenvalue weighted by molar-refractivity contribution is 9.10. The number of nitrogens with one attached hydrogen (secondary N) is 1. The van der Waals surface area contributed by atoms with Crippen LogP contribution in [0.15, 0.2) is 35.1 Å². The summed E-state index contributed by atoms with van der Waals surface area (Å²) in [6.45, 7) is 6.83. The van der Waals surface area contributed by atoms with Crippen LogP contribution in [0.25, 0.3) is 0 Å². The first-order valence-corrected chi connectivity index (χ1v) is 7.32. The summed E-state index contributed by atoms with van der Waals surface area (Å²) in [6.07, 6.45) is 3.21. The largest absolute Gasteiger partial charge is 0.436 e. The molecule has 0 aliphatic heterocycles. The second kappa shape index (κ2) is 6.49. The average molecular weight is 354 g/mol. The molecule has 0 radical (unpaired) electrons. The molecule has 1 heterocycles. The fraction of sp³-hybridized carbons (Fsp3) is 0.333. The summed E-state index contributed by atoms with van der Waals surface area (Å²) in [5.74, 6) is 0.533. The molecule has 1 aromatic heterocycles. The Morgan fingerprint density at radius 3 is 2.71 bits per heavy atom. The second-order valence-corrected chi connectivity index (χ2v) is 6.48. The van der Waals surface area contributed by atoms with Gasteiger partial charge in [-0.25, -0.2) is 9.37 Å². The van der Waals surface area contributed by atoms with Gasteiger partial charge in [0, 0.05) is 18.3 Å². The van der Waals surface area contributed by atoms with Gasteiger partial charge in [-0.1, -0.05) is 0 Å². The molecule has 0 aliphatic carbocycles. The zero-order valence-corrected chi connectivity index (χ0v) is 13.7. The molecule has 0 fully saturated rings. The highest BCUT2D eigenvalue weighted by atomic mass is 79.9. The summed E-state index contributed by atoms with van der Waals surface area (Å²) in [5.41, 5.74) is 0.777. The van der Waals surface area contributed by atoms with Crippen LogP contribution in [-0.4, -0.2) is 15.5 Å². The van der Waals surface area contributed by atoms with Crippen molar-refractivity contribution in [1.29, 1.82) is 0 Å². The molecule has 112 valence electrons. The van der Waals surface area contributed by atoms with E-state index in [1.165, 1.54) is 18.3 Å². The summed E-state index contributed by atoms with van der Waals surface area (Å²) in [5, 5.41) is 3.33. The maximum atomic E-state index is 13.0. The molecule has 0 saturated carbocycles. The van der Waals surface area contributed by atoms with E-state index in [-0.39, 0.29) is 11.4 Å². The summed E-state index contributed by atoms with van der Waals surface area (Å²) in [4.78, 5) is 8.48. The summed E-state index contributed by atoms with van der Waals surface area (Å²) >= 11 is 3.25. The molecule has 4 nitrogen and oxygen atoms in total. The molecule has 0 aliphatic rings. The van der Waals surface area contributed by atoms with Crippen molar-refractivity contribution in [1.82, 2.24) is 15.3 Å². The molecule has 0 unspecified atom stereocenters. The molecule has 0 spiro atoms. The van der Waals surface area contributed by atoms with Crippen molar-refractivity contribution >= 4 is 15.9 Å². The fourth-order valence-corrected chi connectivity index (χ4v) is 1.98. The quantitative estimate of drug-likeness (QED) is 0.900. The predicted molar refractivity (Wildman–Crippen MR) is 82.8 cm³/mol. The Balaban J connectivity index is 2.10. The highest BCUT2D eigenvalue weighted by Crippen LogP contribution is 2.29. The first-order chi connectivity index (χ1) is 9.83. The Morgan fingerprint density at radius 1 is 1.29 bits per heavy atom. The number of ether oxygens (including phenoxy) is 1. The van der Waals surface area contributed by atoms with Gasteiger partial charge >= 0.3 is 0 Å². The maximum absolute atomic E-state index is 13.0. The van der Waals surface area contributed by atoms with E-state index in [1.54, 1.807) is 12.3 Å². The van der Waals surface area contributed by atoms with Gasteiger partial charge in [0.25, 0.3) is 0 Å². The zero-order valence-electron chi connectivity index (χ0n) is 12.2. The van der Waals surface area contributed by atoms with Crippen molar-refractivity contribution in [3.05, 3.63) is 46.6 Å². The van der Waals surface area contributed by atoms with Crippen LogP contribution < -0.4 is 10.1 Å². The second-order valence-electron chi connectivity index (χ2n) is 5.63. The topological polar surface area (TPSA) is 47.0 Å². The van der Waals surface area contributed by atoms with Crippen LogP contribution >= 0.6 is 15.9 Å².